The number of rotatable bonds is 4. The summed E-state index contributed by atoms with van der Waals surface area (Å²) < 4.78 is 12.6. The average Bonchev–Trinajstić information content (AvgIpc) is 2.16. The van der Waals surface area contributed by atoms with Crippen molar-refractivity contribution in [3.63, 3.8) is 0 Å². The Kier molecular flexibility index (Phi) is 3.71. The Morgan fingerprint density at radius 2 is 1.92 bits per heavy atom. The maximum Gasteiger partial charge on any atom is 0.123 e. The van der Waals surface area contributed by atoms with Gasteiger partial charge in [0, 0.05) is 6.54 Å². The number of hydrogen-bond acceptors (Lipinski definition) is 2. The van der Waals surface area contributed by atoms with Gasteiger partial charge >= 0.3 is 0 Å². The van der Waals surface area contributed by atoms with E-state index in [0.717, 1.165) is 18.7 Å². The number of halogens is 1. The van der Waals surface area contributed by atoms with Gasteiger partial charge in [-0.3, -0.25) is 9.90 Å². The van der Waals surface area contributed by atoms with Crippen LogP contribution >= 0.6 is 0 Å². The third kappa shape index (κ3) is 2.70. The first-order valence-corrected chi connectivity index (χ1v) is 4.35. The number of benzene rings is 1. The SMILES string of the molecule is CCCN(OC)c1ccc(F)cc1. The average molecular weight is 183 g/mol. The van der Waals surface area contributed by atoms with Crippen LogP contribution in [0.15, 0.2) is 24.3 Å². The molecule has 0 spiro atoms. The minimum Gasteiger partial charge on any atom is -0.277 e. The van der Waals surface area contributed by atoms with Crippen LogP contribution in [0.2, 0.25) is 0 Å². The first kappa shape index (κ1) is 9.99. The van der Waals surface area contributed by atoms with Crippen LogP contribution in [0.5, 0.6) is 0 Å². The van der Waals surface area contributed by atoms with Crippen molar-refractivity contribution >= 4 is 5.69 Å². The van der Waals surface area contributed by atoms with Gasteiger partial charge in [-0.05, 0) is 30.7 Å². The molecule has 0 atom stereocenters. The molecule has 0 radical (unpaired) electrons. The van der Waals surface area contributed by atoms with Crippen LogP contribution in [0.4, 0.5) is 10.1 Å². The second-order valence-electron chi connectivity index (χ2n) is 2.76. The van der Waals surface area contributed by atoms with E-state index in [1.807, 2.05) is 0 Å². The van der Waals surface area contributed by atoms with E-state index in [1.54, 1.807) is 24.3 Å². The van der Waals surface area contributed by atoms with Crippen LogP contribution < -0.4 is 5.06 Å². The lowest BCUT2D eigenvalue weighted by atomic mass is 10.3. The molecule has 1 aromatic carbocycles. The fourth-order valence-corrected chi connectivity index (χ4v) is 1.14. The zero-order valence-corrected chi connectivity index (χ0v) is 7.96. The lowest BCUT2D eigenvalue weighted by Gasteiger charge is -2.20. The molecular formula is C10H14FNO. The van der Waals surface area contributed by atoms with Crippen LogP contribution in [0.1, 0.15) is 13.3 Å². The summed E-state index contributed by atoms with van der Waals surface area (Å²) in [5, 5.41) is 1.74. The molecule has 0 unspecified atom stereocenters. The van der Waals surface area contributed by atoms with Gasteiger partial charge in [0.05, 0.1) is 12.8 Å². The molecule has 0 fully saturated rings. The normalized spacial score (nSPS) is 10.1. The Morgan fingerprint density at radius 3 is 2.38 bits per heavy atom. The molecule has 0 aliphatic heterocycles. The maximum absolute atomic E-state index is 12.6. The van der Waals surface area contributed by atoms with E-state index in [-0.39, 0.29) is 5.82 Å². The minimum absolute atomic E-state index is 0.226. The monoisotopic (exact) mass is 183 g/mol. The highest BCUT2D eigenvalue weighted by Gasteiger charge is 2.03. The zero-order chi connectivity index (χ0) is 9.68. The van der Waals surface area contributed by atoms with Crippen molar-refractivity contribution in [1.29, 1.82) is 0 Å². The summed E-state index contributed by atoms with van der Waals surface area (Å²) in [5.41, 5.74) is 0.880. The molecule has 0 amide bonds. The largest absolute Gasteiger partial charge is 0.277 e. The van der Waals surface area contributed by atoms with E-state index in [1.165, 1.54) is 12.1 Å². The van der Waals surface area contributed by atoms with E-state index >= 15 is 0 Å². The molecule has 0 heterocycles. The zero-order valence-electron chi connectivity index (χ0n) is 7.96. The molecule has 1 aromatic rings. The lowest BCUT2D eigenvalue weighted by molar-refractivity contribution is 0.167. The van der Waals surface area contributed by atoms with Crippen molar-refractivity contribution in [3.8, 4) is 0 Å². The van der Waals surface area contributed by atoms with Gasteiger partial charge in [-0.2, -0.15) is 0 Å². The minimum atomic E-state index is -0.226. The Morgan fingerprint density at radius 1 is 1.31 bits per heavy atom. The van der Waals surface area contributed by atoms with Crippen molar-refractivity contribution < 1.29 is 9.23 Å². The summed E-state index contributed by atoms with van der Waals surface area (Å²) in [6, 6.07) is 6.26. The van der Waals surface area contributed by atoms with Gasteiger partial charge in [-0.1, -0.05) is 6.92 Å². The predicted octanol–water partition coefficient (Wildman–Crippen LogP) is 2.60. The summed E-state index contributed by atoms with van der Waals surface area (Å²) in [5.74, 6) is -0.226. The Hall–Kier alpha value is -1.09. The lowest BCUT2D eigenvalue weighted by Crippen LogP contribution is -2.22. The molecule has 2 nitrogen and oxygen atoms in total. The highest BCUT2D eigenvalue weighted by atomic mass is 19.1. The Balaban J connectivity index is 2.73. The fourth-order valence-electron chi connectivity index (χ4n) is 1.14. The van der Waals surface area contributed by atoms with Gasteiger partial charge in [0.15, 0.2) is 0 Å². The molecule has 3 heteroatoms. The van der Waals surface area contributed by atoms with E-state index in [0.29, 0.717) is 0 Å². The Labute approximate surface area is 77.9 Å². The number of hydroxylamine groups is 1. The second-order valence-corrected chi connectivity index (χ2v) is 2.76. The molecule has 0 aliphatic carbocycles. The first-order chi connectivity index (χ1) is 6.27. The van der Waals surface area contributed by atoms with Crippen LogP contribution in [-0.4, -0.2) is 13.7 Å². The van der Waals surface area contributed by atoms with Gasteiger partial charge in [0.25, 0.3) is 0 Å². The number of nitrogens with zero attached hydrogens (tertiary/aromatic N) is 1. The van der Waals surface area contributed by atoms with Gasteiger partial charge in [-0.25, -0.2) is 4.39 Å². The molecule has 0 bridgehead atoms. The Bertz CT molecular complexity index is 248. The van der Waals surface area contributed by atoms with Gasteiger partial charge < -0.3 is 0 Å². The number of anilines is 1. The third-order valence-electron chi connectivity index (χ3n) is 1.76. The van der Waals surface area contributed by atoms with Gasteiger partial charge in [-0.15, -0.1) is 0 Å². The van der Waals surface area contributed by atoms with Crippen LogP contribution in [0.3, 0.4) is 0 Å². The summed E-state index contributed by atoms with van der Waals surface area (Å²) in [6.07, 6.45) is 0.991. The molecule has 72 valence electrons. The number of hydrogen-bond donors (Lipinski definition) is 0. The molecule has 0 saturated carbocycles. The van der Waals surface area contributed by atoms with Gasteiger partial charge in [0.2, 0.25) is 0 Å². The summed E-state index contributed by atoms with van der Waals surface area (Å²) in [6.45, 7) is 2.87. The summed E-state index contributed by atoms with van der Waals surface area (Å²) in [7, 11) is 1.61. The quantitative estimate of drug-likeness (QED) is 0.665. The molecule has 1 rings (SSSR count). The van der Waals surface area contributed by atoms with Crippen molar-refractivity contribution in [1.82, 2.24) is 0 Å². The topological polar surface area (TPSA) is 12.5 Å². The van der Waals surface area contributed by atoms with Crippen molar-refractivity contribution in [3.05, 3.63) is 30.1 Å². The summed E-state index contributed by atoms with van der Waals surface area (Å²) in [4.78, 5) is 5.13. The predicted molar refractivity (Wildman–Crippen MR) is 51.0 cm³/mol. The van der Waals surface area contributed by atoms with E-state index < -0.39 is 0 Å². The second kappa shape index (κ2) is 4.82. The smallest absolute Gasteiger partial charge is 0.123 e. The molecule has 0 N–H and O–H groups in total. The van der Waals surface area contributed by atoms with Crippen LogP contribution in [-0.2, 0) is 4.84 Å². The van der Waals surface area contributed by atoms with Crippen molar-refractivity contribution in [2.45, 2.75) is 13.3 Å². The summed E-state index contributed by atoms with van der Waals surface area (Å²) >= 11 is 0. The van der Waals surface area contributed by atoms with Crippen molar-refractivity contribution in [2.75, 3.05) is 18.7 Å². The molecule has 0 aromatic heterocycles. The van der Waals surface area contributed by atoms with E-state index in [4.69, 9.17) is 4.84 Å². The van der Waals surface area contributed by atoms with E-state index in [2.05, 4.69) is 6.92 Å². The highest BCUT2D eigenvalue weighted by Crippen LogP contribution is 2.14. The van der Waals surface area contributed by atoms with Crippen molar-refractivity contribution in [2.24, 2.45) is 0 Å². The van der Waals surface area contributed by atoms with Gasteiger partial charge in [0.1, 0.15) is 5.82 Å². The van der Waals surface area contributed by atoms with Crippen LogP contribution in [0, 0.1) is 5.82 Å². The maximum atomic E-state index is 12.6. The highest BCUT2D eigenvalue weighted by molar-refractivity contribution is 5.43. The molecule has 0 aliphatic rings. The molecular weight excluding hydrogens is 169 g/mol. The fraction of sp³-hybridized carbons (Fsp3) is 0.400. The first-order valence-electron chi connectivity index (χ1n) is 4.35. The molecule has 13 heavy (non-hydrogen) atoms. The standard InChI is InChI=1S/C10H14FNO/c1-3-8-12(13-2)10-6-4-9(11)5-7-10/h4-7H,3,8H2,1-2H3. The molecule has 0 saturated heterocycles. The van der Waals surface area contributed by atoms with E-state index in [9.17, 15) is 4.39 Å². The van der Waals surface area contributed by atoms with Crippen LogP contribution in [0.25, 0.3) is 0 Å². The third-order valence-corrected chi connectivity index (χ3v) is 1.76.